The number of thiophene rings is 1. The van der Waals surface area contributed by atoms with Crippen LogP contribution < -0.4 is 0 Å². The lowest BCUT2D eigenvalue weighted by Crippen LogP contribution is -1.75. The van der Waals surface area contributed by atoms with Crippen molar-refractivity contribution in [3.8, 4) is 0 Å². The van der Waals surface area contributed by atoms with Gasteiger partial charge < -0.3 is 0 Å². The minimum Gasteiger partial charge on any atom is -0.255 e. The van der Waals surface area contributed by atoms with Crippen molar-refractivity contribution in [3.63, 3.8) is 0 Å². The van der Waals surface area contributed by atoms with E-state index in [4.69, 9.17) is 0 Å². The van der Waals surface area contributed by atoms with E-state index < -0.39 is 0 Å². The molecule has 1 aromatic heterocycles. The fraction of sp³-hybridized carbons (Fsp3) is 0.0833. The van der Waals surface area contributed by atoms with Gasteiger partial charge in [-0.1, -0.05) is 24.3 Å². The zero-order valence-electron chi connectivity index (χ0n) is 7.97. The molecule has 0 spiro atoms. The molecular weight excluding hydrogens is 190 g/mol. The van der Waals surface area contributed by atoms with Gasteiger partial charge in [0, 0.05) is 11.1 Å². The van der Waals surface area contributed by atoms with Crippen molar-refractivity contribution in [2.24, 2.45) is 4.99 Å². The molecule has 0 saturated heterocycles. The van der Waals surface area contributed by atoms with Gasteiger partial charge in [-0.3, -0.25) is 4.99 Å². The normalized spacial score (nSPS) is 10.9. The molecule has 0 aliphatic carbocycles. The van der Waals surface area contributed by atoms with Crippen LogP contribution in [0.1, 0.15) is 10.4 Å². The Morgan fingerprint density at radius 3 is 2.71 bits per heavy atom. The number of hydrogen-bond acceptors (Lipinski definition) is 2. The molecule has 2 heteroatoms. The molecule has 0 saturated carbocycles. The number of rotatable bonds is 2. The number of aliphatic imine (C=N–C) groups is 1. The monoisotopic (exact) mass is 201 g/mol. The predicted molar refractivity (Wildman–Crippen MR) is 62.8 cm³/mol. The van der Waals surface area contributed by atoms with Crippen molar-refractivity contribution in [3.05, 3.63) is 52.2 Å². The van der Waals surface area contributed by atoms with E-state index in [1.165, 1.54) is 10.4 Å². The Morgan fingerprint density at radius 2 is 2.00 bits per heavy atom. The van der Waals surface area contributed by atoms with Crippen LogP contribution in [0.2, 0.25) is 0 Å². The summed E-state index contributed by atoms with van der Waals surface area (Å²) in [5.74, 6) is 0. The van der Waals surface area contributed by atoms with E-state index in [9.17, 15) is 0 Å². The van der Waals surface area contributed by atoms with Crippen LogP contribution in [0.25, 0.3) is 0 Å². The van der Waals surface area contributed by atoms with Gasteiger partial charge in [0.25, 0.3) is 0 Å². The number of benzene rings is 1. The maximum atomic E-state index is 4.43. The van der Waals surface area contributed by atoms with Gasteiger partial charge in [0.2, 0.25) is 0 Å². The first-order valence-corrected chi connectivity index (χ1v) is 5.37. The number of hydrogen-bond donors (Lipinski definition) is 0. The molecule has 2 rings (SSSR count). The van der Waals surface area contributed by atoms with Crippen molar-refractivity contribution in [2.45, 2.75) is 6.92 Å². The third kappa shape index (κ3) is 2.09. The van der Waals surface area contributed by atoms with E-state index in [0.29, 0.717) is 0 Å². The molecule has 0 N–H and O–H groups in total. The molecular formula is C12H11NS. The van der Waals surface area contributed by atoms with Crippen LogP contribution in [-0.4, -0.2) is 6.21 Å². The molecule has 2 aromatic rings. The summed E-state index contributed by atoms with van der Waals surface area (Å²) in [6, 6.07) is 12.2. The van der Waals surface area contributed by atoms with Crippen LogP contribution in [-0.2, 0) is 0 Å². The van der Waals surface area contributed by atoms with Gasteiger partial charge in [-0.05, 0) is 30.0 Å². The topological polar surface area (TPSA) is 12.4 Å². The molecule has 0 aliphatic heterocycles. The molecule has 1 aromatic carbocycles. The summed E-state index contributed by atoms with van der Waals surface area (Å²) < 4.78 is 0. The van der Waals surface area contributed by atoms with E-state index in [2.05, 4.69) is 29.4 Å². The molecule has 0 bridgehead atoms. The molecule has 1 nitrogen and oxygen atoms in total. The van der Waals surface area contributed by atoms with Crippen molar-refractivity contribution in [1.29, 1.82) is 0 Å². The van der Waals surface area contributed by atoms with E-state index in [1.807, 2.05) is 30.5 Å². The SMILES string of the molecule is Cc1ccccc1N=Cc1cccs1. The summed E-state index contributed by atoms with van der Waals surface area (Å²) in [4.78, 5) is 5.62. The third-order valence-corrected chi connectivity index (χ3v) is 2.80. The number of aryl methyl sites for hydroxylation is 1. The number of nitrogens with zero attached hydrogens (tertiary/aromatic N) is 1. The van der Waals surface area contributed by atoms with Crippen molar-refractivity contribution < 1.29 is 0 Å². The second kappa shape index (κ2) is 4.20. The van der Waals surface area contributed by atoms with Crippen LogP contribution in [0.4, 0.5) is 5.69 Å². The first kappa shape index (κ1) is 9.16. The van der Waals surface area contributed by atoms with E-state index >= 15 is 0 Å². The lowest BCUT2D eigenvalue weighted by molar-refractivity contribution is 1.41. The summed E-state index contributed by atoms with van der Waals surface area (Å²) in [6.45, 7) is 2.07. The average molecular weight is 201 g/mol. The molecule has 0 radical (unpaired) electrons. The van der Waals surface area contributed by atoms with Crippen molar-refractivity contribution >= 4 is 23.2 Å². The highest BCUT2D eigenvalue weighted by atomic mass is 32.1. The molecule has 0 aliphatic rings. The quantitative estimate of drug-likeness (QED) is 0.655. The minimum absolute atomic E-state index is 1.04. The van der Waals surface area contributed by atoms with Gasteiger partial charge in [0.05, 0.1) is 5.69 Å². The molecule has 1 heterocycles. The van der Waals surface area contributed by atoms with Crippen LogP contribution in [0.5, 0.6) is 0 Å². The fourth-order valence-corrected chi connectivity index (χ4v) is 1.79. The molecule has 0 amide bonds. The number of para-hydroxylation sites is 1. The Labute approximate surface area is 87.8 Å². The summed E-state index contributed by atoms with van der Waals surface area (Å²) in [7, 11) is 0. The second-order valence-corrected chi connectivity index (χ2v) is 4.04. The van der Waals surface area contributed by atoms with Gasteiger partial charge in [0.1, 0.15) is 0 Å². The highest BCUT2D eigenvalue weighted by molar-refractivity contribution is 7.11. The maximum Gasteiger partial charge on any atom is 0.0659 e. The van der Waals surface area contributed by atoms with Crippen molar-refractivity contribution in [1.82, 2.24) is 0 Å². The van der Waals surface area contributed by atoms with Gasteiger partial charge in [-0.25, -0.2) is 0 Å². The smallest absolute Gasteiger partial charge is 0.0659 e. The lowest BCUT2D eigenvalue weighted by atomic mass is 10.2. The highest BCUT2D eigenvalue weighted by Crippen LogP contribution is 2.17. The van der Waals surface area contributed by atoms with E-state index in [-0.39, 0.29) is 0 Å². The second-order valence-electron chi connectivity index (χ2n) is 3.06. The summed E-state index contributed by atoms with van der Waals surface area (Å²) >= 11 is 1.70. The van der Waals surface area contributed by atoms with Crippen molar-refractivity contribution in [2.75, 3.05) is 0 Å². The molecule has 70 valence electrons. The summed E-state index contributed by atoms with van der Waals surface area (Å²) in [5, 5.41) is 2.05. The zero-order valence-corrected chi connectivity index (χ0v) is 8.79. The lowest BCUT2D eigenvalue weighted by Gasteiger charge is -1.96. The van der Waals surface area contributed by atoms with Crippen LogP contribution in [0.15, 0.2) is 46.8 Å². The predicted octanol–water partition coefficient (Wildman–Crippen LogP) is 3.81. The third-order valence-electron chi connectivity index (χ3n) is 1.99. The Bertz CT molecular complexity index is 429. The van der Waals surface area contributed by atoms with Gasteiger partial charge in [-0.2, -0.15) is 0 Å². The van der Waals surface area contributed by atoms with Gasteiger partial charge in [0.15, 0.2) is 0 Å². The minimum atomic E-state index is 1.04. The fourth-order valence-electron chi connectivity index (χ4n) is 1.21. The van der Waals surface area contributed by atoms with Crippen LogP contribution in [0, 0.1) is 6.92 Å². The Kier molecular flexibility index (Phi) is 2.75. The highest BCUT2D eigenvalue weighted by Gasteiger charge is 1.92. The first-order valence-electron chi connectivity index (χ1n) is 4.49. The first-order chi connectivity index (χ1) is 6.86. The molecule has 0 fully saturated rings. The van der Waals surface area contributed by atoms with Gasteiger partial charge in [-0.15, -0.1) is 11.3 Å². The van der Waals surface area contributed by atoms with Crippen LogP contribution >= 0.6 is 11.3 Å². The summed E-state index contributed by atoms with van der Waals surface area (Å²) in [5.41, 5.74) is 2.25. The Balaban J connectivity index is 2.23. The van der Waals surface area contributed by atoms with Crippen LogP contribution in [0.3, 0.4) is 0 Å². The zero-order chi connectivity index (χ0) is 9.80. The maximum absolute atomic E-state index is 4.43. The molecule has 14 heavy (non-hydrogen) atoms. The molecule has 0 atom stereocenters. The summed E-state index contributed by atoms with van der Waals surface area (Å²) in [6.07, 6.45) is 1.91. The molecule has 0 unspecified atom stereocenters. The van der Waals surface area contributed by atoms with E-state index in [0.717, 1.165) is 5.69 Å². The average Bonchev–Trinajstić information content (AvgIpc) is 2.69. The van der Waals surface area contributed by atoms with Gasteiger partial charge >= 0.3 is 0 Å². The van der Waals surface area contributed by atoms with E-state index in [1.54, 1.807) is 11.3 Å². The Morgan fingerprint density at radius 1 is 1.14 bits per heavy atom. The largest absolute Gasteiger partial charge is 0.255 e. The Hall–Kier alpha value is -1.41. The standard InChI is InChI=1S/C12H11NS/c1-10-5-2-3-7-12(10)13-9-11-6-4-8-14-11/h2-9H,1H3.